The Labute approximate surface area is 151 Å². The highest BCUT2D eigenvalue weighted by Crippen LogP contribution is 2.47. The molecule has 0 bridgehead atoms. The lowest BCUT2D eigenvalue weighted by atomic mass is 9.99. The Morgan fingerprint density at radius 3 is 2.50 bits per heavy atom. The molecule has 0 unspecified atom stereocenters. The normalized spacial score (nSPS) is 15.2. The second-order valence-corrected chi connectivity index (χ2v) is 6.90. The van der Waals surface area contributed by atoms with Gasteiger partial charge in [0.2, 0.25) is 5.91 Å². The number of pyridine rings is 3. The van der Waals surface area contributed by atoms with Crippen molar-refractivity contribution in [1.29, 1.82) is 0 Å². The number of hydrogen-bond donors (Lipinski definition) is 2. The lowest BCUT2D eigenvalue weighted by Crippen LogP contribution is -2.29. The molecule has 3 aromatic rings. The summed E-state index contributed by atoms with van der Waals surface area (Å²) in [6, 6.07) is 5.87. The minimum Gasteiger partial charge on any atom is -0.396 e. The number of primary amides is 1. The highest BCUT2D eigenvalue weighted by atomic mass is 16.3. The predicted octanol–water partition coefficient (Wildman–Crippen LogP) is 2.05. The van der Waals surface area contributed by atoms with E-state index < -0.39 is 5.41 Å². The van der Waals surface area contributed by atoms with Gasteiger partial charge in [-0.15, -0.1) is 0 Å². The van der Waals surface area contributed by atoms with Crippen molar-refractivity contribution < 1.29 is 9.90 Å². The van der Waals surface area contributed by atoms with Crippen LogP contribution in [0, 0.1) is 6.92 Å². The van der Waals surface area contributed by atoms with Gasteiger partial charge in [-0.25, -0.2) is 0 Å². The molecule has 0 spiro atoms. The van der Waals surface area contributed by atoms with Gasteiger partial charge in [0.1, 0.15) is 0 Å². The van der Waals surface area contributed by atoms with Gasteiger partial charge in [-0.05, 0) is 43.5 Å². The average molecular weight is 348 g/mol. The molecule has 3 heterocycles. The molecule has 1 amide bonds. The molecular weight excluding hydrogens is 328 g/mol. The molecule has 4 rings (SSSR count). The molecule has 26 heavy (non-hydrogen) atoms. The molecule has 0 aliphatic heterocycles. The minimum atomic E-state index is -0.587. The summed E-state index contributed by atoms with van der Waals surface area (Å²) in [5, 5.41) is 10.9. The van der Waals surface area contributed by atoms with Crippen LogP contribution < -0.4 is 5.73 Å². The van der Waals surface area contributed by atoms with Gasteiger partial charge in [0, 0.05) is 53.6 Å². The number of aliphatic hydroxyl groups is 1. The van der Waals surface area contributed by atoms with Crippen molar-refractivity contribution in [3.63, 3.8) is 0 Å². The second-order valence-electron chi connectivity index (χ2n) is 6.90. The Hall–Kier alpha value is -2.86. The van der Waals surface area contributed by atoms with Crippen LogP contribution in [-0.2, 0) is 16.6 Å². The molecule has 0 saturated heterocycles. The largest absolute Gasteiger partial charge is 0.396 e. The van der Waals surface area contributed by atoms with Gasteiger partial charge in [-0.2, -0.15) is 0 Å². The van der Waals surface area contributed by atoms with Gasteiger partial charge >= 0.3 is 0 Å². The van der Waals surface area contributed by atoms with E-state index in [1.807, 2.05) is 25.1 Å². The van der Waals surface area contributed by atoms with Gasteiger partial charge in [0.25, 0.3) is 0 Å². The van der Waals surface area contributed by atoms with Crippen LogP contribution >= 0.6 is 0 Å². The summed E-state index contributed by atoms with van der Waals surface area (Å²) in [5.74, 6) is -0.307. The number of amides is 1. The number of carbonyl (C=O) groups is 1. The minimum absolute atomic E-state index is 0.0841. The fourth-order valence-corrected chi connectivity index (χ4v) is 3.33. The van der Waals surface area contributed by atoms with E-state index in [1.165, 1.54) is 0 Å². The molecule has 3 N–H and O–H groups in total. The van der Waals surface area contributed by atoms with Gasteiger partial charge < -0.3 is 10.8 Å². The molecule has 132 valence electrons. The third-order valence-corrected chi connectivity index (χ3v) is 5.13. The molecule has 1 aliphatic rings. The average Bonchev–Trinajstić information content (AvgIpc) is 3.43. The van der Waals surface area contributed by atoms with Crippen molar-refractivity contribution in [3.8, 4) is 11.3 Å². The number of hydrogen-bond acceptors (Lipinski definition) is 5. The van der Waals surface area contributed by atoms with E-state index in [0.29, 0.717) is 6.42 Å². The predicted molar refractivity (Wildman–Crippen MR) is 98.4 cm³/mol. The van der Waals surface area contributed by atoms with Crippen molar-refractivity contribution in [2.24, 2.45) is 5.73 Å². The molecule has 0 radical (unpaired) electrons. The summed E-state index contributed by atoms with van der Waals surface area (Å²) in [7, 11) is 0. The van der Waals surface area contributed by atoms with Crippen LogP contribution in [0.25, 0.3) is 22.0 Å². The number of carbonyl (C=O) groups excluding carboxylic acids is 1. The topological polar surface area (TPSA) is 102 Å². The number of aliphatic hydroxyl groups excluding tert-OH is 1. The van der Waals surface area contributed by atoms with E-state index >= 15 is 0 Å². The van der Waals surface area contributed by atoms with E-state index in [-0.39, 0.29) is 12.5 Å². The number of aryl methyl sites for hydroxylation is 1. The molecule has 6 nitrogen and oxygen atoms in total. The first-order valence-corrected chi connectivity index (χ1v) is 8.66. The number of rotatable bonds is 5. The first-order chi connectivity index (χ1) is 12.5. The fourth-order valence-electron chi connectivity index (χ4n) is 3.33. The zero-order chi connectivity index (χ0) is 18.3. The zero-order valence-corrected chi connectivity index (χ0v) is 14.6. The molecular formula is C20H20N4O2. The van der Waals surface area contributed by atoms with Crippen LogP contribution in [0.4, 0.5) is 0 Å². The Balaban J connectivity index is 1.72. The standard InChI is InChI=1S/C20H20N4O2/c1-12-6-15(2-5-25)22-11-16(12)17-7-13-10-24-18(8-14(13)9-23-17)20(3-4-20)19(21)26/h6-11,25H,2-5H2,1H3,(H2,21,26). The van der Waals surface area contributed by atoms with Crippen LogP contribution in [0.15, 0.2) is 36.8 Å². The van der Waals surface area contributed by atoms with Crippen LogP contribution in [0.1, 0.15) is 29.8 Å². The summed E-state index contributed by atoms with van der Waals surface area (Å²) < 4.78 is 0. The Kier molecular flexibility index (Phi) is 3.92. The van der Waals surface area contributed by atoms with Crippen LogP contribution in [0.3, 0.4) is 0 Å². The van der Waals surface area contributed by atoms with Gasteiger partial charge in [-0.3, -0.25) is 19.7 Å². The van der Waals surface area contributed by atoms with E-state index in [9.17, 15) is 4.79 Å². The van der Waals surface area contributed by atoms with Crippen LogP contribution in [0.2, 0.25) is 0 Å². The molecule has 6 heteroatoms. The van der Waals surface area contributed by atoms with Crippen molar-refractivity contribution in [3.05, 3.63) is 53.7 Å². The van der Waals surface area contributed by atoms with Crippen molar-refractivity contribution >= 4 is 16.7 Å². The highest BCUT2D eigenvalue weighted by molar-refractivity contribution is 5.91. The summed E-state index contributed by atoms with van der Waals surface area (Å²) in [6.07, 6.45) is 7.44. The maximum absolute atomic E-state index is 11.7. The maximum Gasteiger partial charge on any atom is 0.229 e. The van der Waals surface area contributed by atoms with Crippen LogP contribution in [0.5, 0.6) is 0 Å². The lowest BCUT2D eigenvalue weighted by Gasteiger charge is -2.12. The molecule has 1 fully saturated rings. The zero-order valence-electron chi connectivity index (χ0n) is 14.6. The first kappa shape index (κ1) is 16.6. The number of fused-ring (bicyclic) bond motifs is 1. The monoisotopic (exact) mass is 348 g/mol. The quantitative estimate of drug-likeness (QED) is 0.735. The van der Waals surface area contributed by atoms with E-state index in [1.54, 1.807) is 18.6 Å². The molecule has 0 atom stereocenters. The molecule has 0 aromatic carbocycles. The SMILES string of the molecule is Cc1cc(CCO)ncc1-c1cc2cnc(C3(C(N)=O)CC3)cc2cn1. The first-order valence-electron chi connectivity index (χ1n) is 8.66. The third-order valence-electron chi connectivity index (χ3n) is 5.13. The fraction of sp³-hybridized carbons (Fsp3) is 0.300. The molecule has 1 aliphatic carbocycles. The second kappa shape index (κ2) is 6.14. The molecule has 3 aromatic heterocycles. The summed E-state index contributed by atoms with van der Waals surface area (Å²) in [4.78, 5) is 25.2. The Morgan fingerprint density at radius 1 is 1.12 bits per heavy atom. The van der Waals surface area contributed by atoms with E-state index in [0.717, 1.165) is 51.8 Å². The van der Waals surface area contributed by atoms with Crippen molar-refractivity contribution in [1.82, 2.24) is 15.0 Å². The maximum atomic E-state index is 11.7. The number of aromatic nitrogens is 3. The van der Waals surface area contributed by atoms with Crippen molar-refractivity contribution in [2.75, 3.05) is 6.61 Å². The smallest absolute Gasteiger partial charge is 0.229 e. The number of nitrogens with zero attached hydrogens (tertiary/aromatic N) is 3. The third kappa shape index (κ3) is 2.72. The highest BCUT2D eigenvalue weighted by Gasteiger charge is 2.51. The van der Waals surface area contributed by atoms with E-state index in [2.05, 4.69) is 15.0 Å². The van der Waals surface area contributed by atoms with Gasteiger partial charge in [-0.1, -0.05) is 0 Å². The van der Waals surface area contributed by atoms with Crippen molar-refractivity contribution in [2.45, 2.75) is 31.6 Å². The van der Waals surface area contributed by atoms with Gasteiger partial charge in [0.15, 0.2) is 0 Å². The summed E-state index contributed by atoms with van der Waals surface area (Å²) >= 11 is 0. The van der Waals surface area contributed by atoms with Crippen LogP contribution in [-0.4, -0.2) is 32.6 Å². The summed E-state index contributed by atoms with van der Waals surface area (Å²) in [6.45, 7) is 2.09. The molecule has 1 saturated carbocycles. The van der Waals surface area contributed by atoms with Gasteiger partial charge in [0.05, 0.1) is 16.8 Å². The number of nitrogens with two attached hydrogens (primary N) is 1. The summed E-state index contributed by atoms with van der Waals surface area (Å²) in [5.41, 5.74) is 9.39. The Morgan fingerprint density at radius 2 is 1.85 bits per heavy atom. The Bertz CT molecular complexity index is 1010. The van der Waals surface area contributed by atoms with E-state index in [4.69, 9.17) is 10.8 Å². The lowest BCUT2D eigenvalue weighted by molar-refractivity contribution is -0.120.